The average molecular weight is 335 g/mol. The number of nitrogens with one attached hydrogen (secondary N) is 1. The van der Waals surface area contributed by atoms with Gasteiger partial charge >= 0.3 is 5.97 Å². The zero-order valence-corrected chi connectivity index (χ0v) is 12.8. The smallest absolute Gasteiger partial charge is 0.344 e. The molecule has 0 atom stereocenters. The van der Waals surface area contributed by atoms with Crippen LogP contribution in [0.5, 0.6) is 5.75 Å². The molecule has 2 rings (SSSR count). The molecule has 0 radical (unpaired) electrons. The largest absolute Gasteiger partial charge is 0.482 e. The van der Waals surface area contributed by atoms with Crippen molar-refractivity contribution in [3.63, 3.8) is 0 Å². The summed E-state index contributed by atoms with van der Waals surface area (Å²) in [6.07, 6.45) is 0. The number of benzene rings is 2. The Morgan fingerprint density at radius 3 is 2.33 bits per heavy atom. The van der Waals surface area contributed by atoms with Crippen LogP contribution < -0.4 is 10.1 Å². The molecule has 2 aromatic carbocycles. The Kier molecular flexibility index (Phi) is 5.83. The fourth-order valence-corrected chi connectivity index (χ4v) is 1.84. The molecule has 0 bridgehead atoms. The summed E-state index contributed by atoms with van der Waals surface area (Å²) in [5.41, 5.74) is 0.257. The second-order valence-corrected chi connectivity index (χ2v) is 4.86. The first-order valence-electron chi connectivity index (χ1n) is 7.05. The first kappa shape index (κ1) is 17.4. The Morgan fingerprint density at radius 2 is 1.67 bits per heavy atom. The number of aryl methyl sites for hydroxylation is 1. The molecule has 1 amide bonds. The number of esters is 1. The lowest BCUT2D eigenvalue weighted by atomic mass is 10.2. The van der Waals surface area contributed by atoms with Crippen LogP contribution in [0.15, 0.2) is 42.5 Å². The molecule has 0 heterocycles. The van der Waals surface area contributed by atoms with Gasteiger partial charge in [-0.25, -0.2) is 13.6 Å². The summed E-state index contributed by atoms with van der Waals surface area (Å²) in [6, 6.07) is 10.3. The molecule has 2 aromatic rings. The van der Waals surface area contributed by atoms with E-state index in [9.17, 15) is 18.4 Å². The predicted octanol–water partition coefficient (Wildman–Crippen LogP) is 2.83. The van der Waals surface area contributed by atoms with Gasteiger partial charge in [0.1, 0.15) is 23.1 Å². The Balaban J connectivity index is 1.79. The van der Waals surface area contributed by atoms with Gasteiger partial charge in [-0.05, 0) is 30.7 Å². The van der Waals surface area contributed by atoms with Crippen LogP contribution in [0, 0.1) is 18.6 Å². The highest BCUT2D eigenvalue weighted by Crippen LogP contribution is 2.18. The first-order chi connectivity index (χ1) is 11.5. The zero-order valence-electron chi connectivity index (χ0n) is 12.8. The number of carbonyl (C=O) groups is 2. The second-order valence-electron chi connectivity index (χ2n) is 4.86. The quantitative estimate of drug-likeness (QED) is 0.825. The van der Waals surface area contributed by atoms with E-state index in [0.717, 1.165) is 17.7 Å². The van der Waals surface area contributed by atoms with Crippen molar-refractivity contribution in [1.29, 1.82) is 0 Å². The molecule has 0 fully saturated rings. The summed E-state index contributed by atoms with van der Waals surface area (Å²) >= 11 is 0. The van der Waals surface area contributed by atoms with E-state index < -0.39 is 35.8 Å². The number of anilines is 1. The van der Waals surface area contributed by atoms with E-state index in [0.29, 0.717) is 5.75 Å². The van der Waals surface area contributed by atoms with Gasteiger partial charge in [-0.2, -0.15) is 0 Å². The molecular weight excluding hydrogens is 320 g/mol. The van der Waals surface area contributed by atoms with Crippen LogP contribution in [0.3, 0.4) is 0 Å². The molecule has 0 spiro atoms. The van der Waals surface area contributed by atoms with E-state index in [1.54, 1.807) is 12.1 Å². The predicted molar refractivity (Wildman–Crippen MR) is 82.6 cm³/mol. The van der Waals surface area contributed by atoms with Gasteiger partial charge in [0.25, 0.3) is 5.91 Å². The minimum absolute atomic E-state index is 0.383. The molecule has 7 heteroatoms. The molecule has 0 aromatic heterocycles. The zero-order chi connectivity index (χ0) is 17.5. The molecule has 126 valence electrons. The van der Waals surface area contributed by atoms with Crippen molar-refractivity contribution >= 4 is 17.6 Å². The van der Waals surface area contributed by atoms with E-state index in [2.05, 4.69) is 0 Å². The Hall–Kier alpha value is -2.96. The molecular formula is C17H15F2NO4. The van der Waals surface area contributed by atoms with E-state index in [-0.39, 0.29) is 6.61 Å². The molecule has 0 saturated heterocycles. The van der Waals surface area contributed by atoms with Crippen molar-refractivity contribution in [2.75, 3.05) is 18.5 Å². The number of hydrogen-bond donors (Lipinski definition) is 1. The third-order valence-electron chi connectivity index (χ3n) is 3.03. The summed E-state index contributed by atoms with van der Waals surface area (Å²) in [7, 11) is 0. The summed E-state index contributed by atoms with van der Waals surface area (Å²) in [4.78, 5) is 23.1. The summed E-state index contributed by atoms with van der Waals surface area (Å²) in [6.45, 7) is 0.757. The van der Waals surface area contributed by atoms with Gasteiger partial charge < -0.3 is 14.8 Å². The number of rotatable bonds is 6. The Bertz CT molecular complexity index is 729. The van der Waals surface area contributed by atoms with E-state index in [1.165, 1.54) is 6.07 Å². The maximum Gasteiger partial charge on any atom is 0.344 e. The van der Waals surface area contributed by atoms with Crippen LogP contribution in [0.4, 0.5) is 14.5 Å². The number of carbonyl (C=O) groups excluding carboxylic acids is 2. The van der Waals surface area contributed by atoms with E-state index >= 15 is 0 Å². The maximum atomic E-state index is 13.4. The number of hydrogen-bond acceptors (Lipinski definition) is 4. The van der Waals surface area contributed by atoms with Gasteiger partial charge in [0.05, 0.1) is 0 Å². The highest BCUT2D eigenvalue weighted by Gasteiger charge is 2.14. The third kappa shape index (κ3) is 4.77. The molecule has 5 nitrogen and oxygen atoms in total. The van der Waals surface area contributed by atoms with Crippen LogP contribution in [0.1, 0.15) is 5.56 Å². The maximum absolute atomic E-state index is 13.4. The van der Waals surface area contributed by atoms with Crippen molar-refractivity contribution in [3.8, 4) is 5.75 Å². The standard InChI is InChI=1S/C17H15F2NO4/c1-11-5-2-3-8-14(11)23-10-16(22)24-9-15(21)20-17-12(18)6-4-7-13(17)19/h2-8H,9-10H2,1H3,(H,20,21). The lowest BCUT2D eigenvalue weighted by Crippen LogP contribution is -2.24. The first-order valence-corrected chi connectivity index (χ1v) is 7.05. The van der Waals surface area contributed by atoms with Gasteiger partial charge in [0.2, 0.25) is 0 Å². The van der Waals surface area contributed by atoms with Crippen molar-refractivity contribution in [2.45, 2.75) is 6.92 Å². The van der Waals surface area contributed by atoms with Crippen molar-refractivity contribution < 1.29 is 27.8 Å². The van der Waals surface area contributed by atoms with Crippen LogP contribution >= 0.6 is 0 Å². The third-order valence-corrected chi connectivity index (χ3v) is 3.03. The van der Waals surface area contributed by atoms with Crippen LogP contribution in [-0.4, -0.2) is 25.1 Å². The van der Waals surface area contributed by atoms with Gasteiger partial charge in [0.15, 0.2) is 13.2 Å². The highest BCUT2D eigenvalue weighted by molar-refractivity contribution is 5.93. The van der Waals surface area contributed by atoms with Crippen molar-refractivity contribution in [1.82, 2.24) is 0 Å². The van der Waals surface area contributed by atoms with E-state index in [1.807, 2.05) is 24.4 Å². The molecule has 0 unspecified atom stereocenters. The van der Waals surface area contributed by atoms with Crippen molar-refractivity contribution in [3.05, 3.63) is 59.7 Å². The molecule has 0 aliphatic rings. The number of para-hydroxylation sites is 2. The monoisotopic (exact) mass is 335 g/mol. The minimum Gasteiger partial charge on any atom is -0.482 e. The second kappa shape index (κ2) is 8.05. The summed E-state index contributed by atoms with van der Waals surface area (Å²) in [5.74, 6) is -2.95. The van der Waals surface area contributed by atoms with E-state index in [4.69, 9.17) is 9.47 Å². The van der Waals surface area contributed by atoms with Gasteiger partial charge in [0, 0.05) is 0 Å². The van der Waals surface area contributed by atoms with Crippen molar-refractivity contribution in [2.24, 2.45) is 0 Å². The fourth-order valence-electron chi connectivity index (χ4n) is 1.84. The SMILES string of the molecule is Cc1ccccc1OCC(=O)OCC(=O)Nc1c(F)cccc1F. The molecule has 0 aliphatic heterocycles. The number of amides is 1. The molecule has 24 heavy (non-hydrogen) atoms. The van der Waals surface area contributed by atoms with Crippen LogP contribution in [0.25, 0.3) is 0 Å². The van der Waals surface area contributed by atoms with Crippen LogP contribution in [0.2, 0.25) is 0 Å². The molecule has 1 N–H and O–H groups in total. The molecule has 0 saturated carbocycles. The van der Waals surface area contributed by atoms with Crippen LogP contribution in [-0.2, 0) is 14.3 Å². The summed E-state index contributed by atoms with van der Waals surface area (Å²) < 4.78 is 36.7. The average Bonchev–Trinajstić information content (AvgIpc) is 2.56. The highest BCUT2D eigenvalue weighted by atomic mass is 19.1. The van der Waals surface area contributed by atoms with Gasteiger partial charge in [-0.15, -0.1) is 0 Å². The Labute approximate surface area is 137 Å². The topological polar surface area (TPSA) is 64.6 Å². The Morgan fingerprint density at radius 1 is 1.00 bits per heavy atom. The van der Waals surface area contributed by atoms with Gasteiger partial charge in [-0.3, -0.25) is 4.79 Å². The lowest BCUT2D eigenvalue weighted by molar-refractivity contribution is -0.149. The number of halogens is 2. The fraction of sp³-hybridized carbons (Fsp3) is 0.176. The minimum atomic E-state index is -0.919. The lowest BCUT2D eigenvalue weighted by Gasteiger charge is -2.10. The normalized spacial score (nSPS) is 10.1. The molecule has 0 aliphatic carbocycles. The summed E-state index contributed by atoms with van der Waals surface area (Å²) in [5, 5.41) is 2.01. The number of ether oxygens (including phenoxy) is 2. The van der Waals surface area contributed by atoms with Gasteiger partial charge in [-0.1, -0.05) is 24.3 Å².